The molecule has 0 saturated carbocycles. The number of rotatable bonds is 24. The minimum atomic E-state index is -5.47. The van der Waals surface area contributed by atoms with E-state index in [0.29, 0.717) is 0 Å². The van der Waals surface area contributed by atoms with Crippen LogP contribution in [-0.4, -0.2) is 240 Å². The fourth-order valence-corrected chi connectivity index (χ4v) is 13.3. The summed E-state index contributed by atoms with van der Waals surface area (Å²) in [6, 6.07) is 0. The molecule has 4 saturated heterocycles. The number of hydrogen-bond donors (Lipinski definition) is 14. The van der Waals surface area contributed by atoms with Gasteiger partial charge >= 0.3 is 30.8 Å². The van der Waals surface area contributed by atoms with Gasteiger partial charge in [0.15, 0.2) is 70.8 Å². The molecule has 0 spiro atoms. The summed E-state index contributed by atoms with van der Waals surface area (Å²) in [4.78, 5) is 101. The lowest BCUT2D eigenvalue weighted by atomic mass is 10.1. The topological polar surface area (TPSA) is 651 Å². The van der Waals surface area contributed by atoms with Gasteiger partial charge < -0.3 is 110 Å². The van der Waals surface area contributed by atoms with Gasteiger partial charge in [0.05, 0.1) is 51.7 Å². The second-order valence-electron chi connectivity index (χ2n) is 20.6. The van der Waals surface area contributed by atoms with E-state index in [1.54, 1.807) is 0 Å². The third-order valence-corrected chi connectivity index (χ3v) is 18.3. The van der Waals surface area contributed by atoms with Gasteiger partial charge in [-0.05, 0) is 0 Å². The van der Waals surface area contributed by atoms with E-state index < -0.39 is 168 Å². The number of phosphoric acid groups is 2. The maximum Gasteiger partial charge on any atom is 0.472 e. The van der Waals surface area contributed by atoms with Crippen LogP contribution < -0.4 is 22.9 Å². The van der Waals surface area contributed by atoms with Crippen LogP contribution in [0.2, 0.25) is 0 Å². The van der Waals surface area contributed by atoms with E-state index >= 15 is 0 Å². The highest BCUT2D eigenvalue weighted by molar-refractivity contribution is 7.52. The molecule has 8 aromatic heterocycles. The Morgan fingerprint density at radius 1 is 0.396 bits per heavy atom. The van der Waals surface area contributed by atoms with Crippen LogP contribution in [0.25, 0.3) is 44.7 Å². The van der Waals surface area contributed by atoms with E-state index in [1.807, 2.05) is 0 Å². The lowest BCUT2D eigenvalue weighted by molar-refractivity contribution is -0.0700. The van der Waals surface area contributed by atoms with Crippen molar-refractivity contribution in [2.45, 2.75) is 98.2 Å². The number of phosphoric ester groups is 2. The van der Waals surface area contributed by atoms with E-state index in [9.17, 15) is 68.3 Å². The van der Waals surface area contributed by atoms with Crippen LogP contribution in [0.4, 0.5) is 23.3 Å². The van der Waals surface area contributed by atoms with Gasteiger partial charge in [0.1, 0.15) is 133 Å². The van der Waals surface area contributed by atoms with Crippen molar-refractivity contribution in [3.8, 4) is 0 Å². The number of aliphatic hydroxyl groups excluding tert-OH is 5. The molecule has 18 N–H and O–H groups in total. The van der Waals surface area contributed by atoms with Gasteiger partial charge in [-0.1, -0.05) is 0 Å². The third kappa shape index (κ3) is 13.0. The van der Waals surface area contributed by atoms with Crippen LogP contribution in [0.3, 0.4) is 0 Å². The zero-order chi connectivity index (χ0) is 64.6. The lowest BCUT2D eigenvalue weighted by Crippen LogP contribution is -2.37. The molecule has 19 atom stereocenters. The third-order valence-electron chi connectivity index (χ3n) is 14.7. The van der Waals surface area contributed by atoms with Crippen molar-refractivity contribution in [2.75, 3.05) is 62.1 Å². The minimum absolute atomic E-state index is 0.0161. The highest BCUT2D eigenvalue weighted by atomic mass is 31.2. The Labute approximate surface area is 505 Å². The molecule has 49 heteroatoms. The number of fused-ring (bicyclic) bond motifs is 4. The fraction of sp³-hybridized carbons (Fsp3) is 0.524. The number of aromatic nitrogens is 16. The Morgan fingerprint density at radius 2 is 0.703 bits per heavy atom. The van der Waals surface area contributed by atoms with E-state index in [0.717, 1.165) is 42.5 Å². The molecule has 12 rings (SSSR count). The molecule has 0 amide bonds. The van der Waals surface area contributed by atoms with Gasteiger partial charge in [-0.15, -0.1) is 0 Å². The second kappa shape index (κ2) is 25.1. The van der Waals surface area contributed by atoms with Crippen molar-refractivity contribution in [3.63, 3.8) is 0 Å². The van der Waals surface area contributed by atoms with Gasteiger partial charge in [0.25, 0.3) is 0 Å². The highest BCUT2D eigenvalue weighted by Gasteiger charge is 2.54. The molecule has 4 fully saturated rings. The largest absolute Gasteiger partial charge is 0.472 e. The summed E-state index contributed by atoms with van der Waals surface area (Å²) < 4.78 is 119. The predicted octanol–water partition coefficient (Wildman–Crippen LogP) is -4.23. The molecule has 4 aliphatic heterocycles. The molecular weight excluding hydrogens is 1310 g/mol. The molecule has 3 unspecified atom stereocenters. The van der Waals surface area contributed by atoms with E-state index in [-0.39, 0.29) is 67.9 Å². The standard InChI is InChI=1S/C42H54N20O25P4/c43-31-19-35(51-5-47-31)59(9-55-19)39-27(67)23(63)15(83-39)1-79-88(68,69)13-77-28-24(64)16(84-40(28)60-10-56-20-32(44)48-6-52-36(20)60)2-80-89(70,71)14-78-29-25(65)18(85-41(29)61-11-57-21-33(45)49-7-53-37(21)61)4-82-91(75,76)87-30-26(66)17(3-81-90(72,73)74)86-42(30)62-12-58-22-34(46)50-8-54-38(22)62/h5-12,15-18,23-30,39-42,63-67H,1-4,13-14H2,(H,68,69)(H,70,71)(H,75,76)(H2,43,47,51)(H2,44,48,52)(H2,45,49,53)(H2,46,50,54)(H2,72,73,74)/t15-,16-,17-,18-,23-,24-,25-,26-,27-,28-,29-,30-,39-,40-,41-,42-/m1/s1. The molecule has 492 valence electrons. The maximum absolute atomic E-state index is 13.9. The molecule has 12 heterocycles. The number of imidazole rings is 4. The molecular formula is C42H54N20O25P4. The van der Waals surface area contributed by atoms with Crippen LogP contribution in [0.5, 0.6) is 0 Å². The Hall–Kier alpha value is -6.52. The first-order valence-electron chi connectivity index (χ1n) is 26.4. The van der Waals surface area contributed by atoms with E-state index in [4.69, 9.17) is 69.5 Å². The number of aliphatic hydroxyl groups is 5. The van der Waals surface area contributed by atoms with Crippen LogP contribution in [-0.2, 0) is 69.3 Å². The van der Waals surface area contributed by atoms with Gasteiger partial charge in [-0.2, -0.15) is 0 Å². The molecule has 0 bridgehead atoms. The molecule has 91 heavy (non-hydrogen) atoms. The van der Waals surface area contributed by atoms with Crippen LogP contribution >= 0.6 is 30.8 Å². The number of ether oxygens (including phenoxy) is 6. The summed E-state index contributed by atoms with van der Waals surface area (Å²) in [7, 11) is -20.6. The van der Waals surface area contributed by atoms with Crippen molar-refractivity contribution < 1.29 is 119 Å². The van der Waals surface area contributed by atoms with Crippen LogP contribution in [0.1, 0.15) is 24.9 Å². The van der Waals surface area contributed by atoms with Crippen molar-refractivity contribution in [3.05, 3.63) is 50.6 Å². The van der Waals surface area contributed by atoms with Gasteiger partial charge in [0, 0.05) is 0 Å². The average molecular weight is 1360 g/mol. The molecule has 0 radical (unpaired) electrons. The molecule has 45 nitrogen and oxygen atoms in total. The Kier molecular flexibility index (Phi) is 17.8. The predicted molar refractivity (Wildman–Crippen MR) is 294 cm³/mol. The van der Waals surface area contributed by atoms with Crippen LogP contribution in [0.15, 0.2) is 50.6 Å². The summed E-state index contributed by atoms with van der Waals surface area (Å²) in [5, 5.41) is 56.6. The van der Waals surface area contributed by atoms with E-state index in [2.05, 4.69) is 64.3 Å². The SMILES string of the molecule is Nc1ncnc2c1ncn2[C@@H]1O[C@H](COP(=O)(O)CO[C@@H]2[C@H](O)[C@@H](COP(=O)(O)CO[C@@H]3[C@H](O)[C@@H](COP(=O)(O)O[C@@H]4[C@H](O)[C@@H](COP(=O)(O)O)O[C@H]4n4cnc5c(N)ncnc54)O[C@H]3n3cnc4c(N)ncnc43)O[C@H]2n2cnc3c(N)ncnc32)[C@@H](O)[C@H]1O. The number of nitrogens with zero attached hydrogens (tertiary/aromatic N) is 16. The summed E-state index contributed by atoms with van der Waals surface area (Å²) in [6.07, 6.45) is -20.2. The summed E-state index contributed by atoms with van der Waals surface area (Å²) in [5.41, 5.74) is 24.3. The average Bonchev–Trinajstić information content (AvgIpc) is 1.66. The quantitative estimate of drug-likeness (QED) is 0.0255. The summed E-state index contributed by atoms with van der Waals surface area (Å²) in [5.74, 6) is -0.242. The zero-order valence-corrected chi connectivity index (χ0v) is 49.5. The minimum Gasteiger partial charge on any atom is -0.387 e. The lowest BCUT2D eigenvalue weighted by Gasteiger charge is -2.25. The van der Waals surface area contributed by atoms with Gasteiger partial charge in [-0.25, -0.2) is 68.9 Å². The number of nitrogen functional groups attached to an aromatic ring is 4. The fourth-order valence-electron chi connectivity index (χ4n) is 10.4. The summed E-state index contributed by atoms with van der Waals surface area (Å²) >= 11 is 0. The summed E-state index contributed by atoms with van der Waals surface area (Å²) in [6.45, 7) is -3.72. The normalized spacial score (nSPS) is 30.9. The van der Waals surface area contributed by atoms with Crippen molar-refractivity contribution in [1.29, 1.82) is 0 Å². The molecule has 0 aromatic carbocycles. The monoisotopic (exact) mass is 1360 g/mol. The Bertz CT molecular complexity index is 4190. The van der Waals surface area contributed by atoms with Crippen molar-refractivity contribution >= 4 is 98.8 Å². The number of hydrogen-bond acceptors (Lipinski definition) is 36. The number of nitrogens with two attached hydrogens (primary N) is 4. The van der Waals surface area contributed by atoms with Crippen LogP contribution in [0, 0.1) is 0 Å². The van der Waals surface area contributed by atoms with Gasteiger partial charge in [0.2, 0.25) is 0 Å². The Morgan fingerprint density at radius 3 is 1.08 bits per heavy atom. The zero-order valence-electron chi connectivity index (χ0n) is 45.9. The molecule has 8 aromatic rings. The first-order chi connectivity index (χ1) is 43.2. The Balaban J connectivity index is 0.718. The first kappa shape index (κ1) is 64.6. The van der Waals surface area contributed by atoms with E-state index in [1.165, 1.54) is 26.4 Å². The smallest absolute Gasteiger partial charge is 0.387 e. The van der Waals surface area contributed by atoms with Crippen molar-refractivity contribution in [2.24, 2.45) is 0 Å². The molecule has 4 aliphatic rings. The number of anilines is 4. The maximum atomic E-state index is 13.9. The molecule has 0 aliphatic carbocycles. The first-order valence-corrected chi connectivity index (χ1v) is 33.0. The second-order valence-corrected chi connectivity index (χ2v) is 26.8. The van der Waals surface area contributed by atoms with Crippen molar-refractivity contribution in [1.82, 2.24) is 78.1 Å². The highest BCUT2D eigenvalue weighted by Crippen LogP contribution is 2.52. The van der Waals surface area contributed by atoms with Gasteiger partial charge in [-0.3, -0.25) is 41.0 Å².